The van der Waals surface area contributed by atoms with Crippen molar-refractivity contribution in [1.29, 1.82) is 0 Å². The van der Waals surface area contributed by atoms with Crippen molar-refractivity contribution in [1.82, 2.24) is 4.98 Å². The number of rotatable bonds is 7. The molecule has 4 heteroatoms. The highest BCUT2D eigenvalue weighted by Crippen LogP contribution is 2.49. The zero-order valence-corrected chi connectivity index (χ0v) is 28.7. The van der Waals surface area contributed by atoms with E-state index >= 15 is 0 Å². The molecule has 0 saturated heterocycles. The van der Waals surface area contributed by atoms with Gasteiger partial charge in [-0.2, -0.15) is 0 Å². The number of nitrogens with zero attached hydrogens (tertiary/aromatic N) is 2. The van der Waals surface area contributed by atoms with Gasteiger partial charge in [0.1, 0.15) is 16.8 Å². The molecule has 10 rings (SSSR count). The molecule has 2 aromatic heterocycles. The Hall–Kier alpha value is -7.17. The SMILES string of the molecule is c1ccc(-c2ccc(-c3ccc(N(c4ccccc4-c4ccccc4)c4c5nc(-c6ccccc6)oc5cc5c4oc4ccccc45)cc3)cc2)cc1. The van der Waals surface area contributed by atoms with Gasteiger partial charge in [-0.3, -0.25) is 0 Å². The van der Waals surface area contributed by atoms with Crippen LogP contribution in [0.4, 0.5) is 17.1 Å². The zero-order chi connectivity index (χ0) is 35.1. The molecular formula is C49H32N2O2. The molecule has 0 aliphatic carbocycles. The summed E-state index contributed by atoms with van der Waals surface area (Å²) < 4.78 is 13.4. The number of fused-ring (bicyclic) bond motifs is 4. The number of benzene rings is 8. The lowest BCUT2D eigenvalue weighted by atomic mass is 9.99. The van der Waals surface area contributed by atoms with E-state index in [1.165, 1.54) is 11.1 Å². The number of para-hydroxylation sites is 2. The third-order valence-corrected chi connectivity index (χ3v) is 9.93. The fraction of sp³-hybridized carbons (Fsp3) is 0. The van der Waals surface area contributed by atoms with Gasteiger partial charge < -0.3 is 13.7 Å². The van der Waals surface area contributed by atoms with Crippen LogP contribution in [-0.4, -0.2) is 4.98 Å². The summed E-state index contributed by atoms with van der Waals surface area (Å²) in [6.45, 7) is 0. The van der Waals surface area contributed by atoms with E-state index in [0.717, 1.165) is 72.3 Å². The van der Waals surface area contributed by atoms with Crippen molar-refractivity contribution in [3.8, 4) is 44.8 Å². The summed E-state index contributed by atoms with van der Waals surface area (Å²) in [5.41, 5.74) is 13.5. The third-order valence-electron chi connectivity index (χ3n) is 9.93. The van der Waals surface area contributed by atoms with E-state index in [0.29, 0.717) is 11.5 Å². The van der Waals surface area contributed by atoms with Gasteiger partial charge in [-0.25, -0.2) is 4.98 Å². The molecule has 0 spiro atoms. The molecule has 4 nitrogen and oxygen atoms in total. The Bertz CT molecular complexity index is 2860. The third kappa shape index (κ3) is 5.45. The molecule has 0 N–H and O–H groups in total. The van der Waals surface area contributed by atoms with Gasteiger partial charge in [0.2, 0.25) is 5.89 Å². The number of hydrogen-bond donors (Lipinski definition) is 0. The molecule has 8 aromatic carbocycles. The first-order chi connectivity index (χ1) is 26.3. The Morgan fingerprint density at radius 2 is 0.925 bits per heavy atom. The zero-order valence-electron chi connectivity index (χ0n) is 28.7. The minimum absolute atomic E-state index is 0.560. The second-order valence-corrected chi connectivity index (χ2v) is 13.1. The number of oxazole rings is 1. The highest BCUT2D eigenvalue weighted by Gasteiger charge is 2.27. The van der Waals surface area contributed by atoms with E-state index in [1.54, 1.807) is 0 Å². The van der Waals surface area contributed by atoms with Crippen LogP contribution in [0.1, 0.15) is 0 Å². The maximum absolute atomic E-state index is 6.79. The fourth-order valence-electron chi connectivity index (χ4n) is 7.34. The molecule has 0 saturated carbocycles. The first-order valence-electron chi connectivity index (χ1n) is 17.8. The van der Waals surface area contributed by atoms with Crippen molar-refractivity contribution in [3.05, 3.63) is 194 Å². The molecule has 0 aliphatic rings. The van der Waals surface area contributed by atoms with E-state index in [2.05, 4.69) is 138 Å². The summed E-state index contributed by atoms with van der Waals surface area (Å²) in [6, 6.07) is 67.4. The van der Waals surface area contributed by atoms with Gasteiger partial charge in [-0.05, 0) is 70.3 Å². The van der Waals surface area contributed by atoms with Crippen LogP contribution in [0.15, 0.2) is 203 Å². The van der Waals surface area contributed by atoms with Crippen LogP contribution < -0.4 is 4.90 Å². The summed E-state index contributed by atoms with van der Waals surface area (Å²) in [5.74, 6) is 0.560. The van der Waals surface area contributed by atoms with Crippen molar-refractivity contribution in [2.75, 3.05) is 4.90 Å². The van der Waals surface area contributed by atoms with Crippen LogP contribution >= 0.6 is 0 Å². The van der Waals surface area contributed by atoms with E-state index in [4.69, 9.17) is 13.8 Å². The molecule has 0 atom stereocenters. The van der Waals surface area contributed by atoms with Gasteiger partial charge in [0.05, 0.1) is 5.69 Å². The Morgan fingerprint density at radius 3 is 1.60 bits per heavy atom. The fourth-order valence-corrected chi connectivity index (χ4v) is 7.34. The van der Waals surface area contributed by atoms with Crippen LogP contribution in [0.2, 0.25) is 0 Å². The van der Waals surface area contributed by atoms with Gasteiger partial charge in [0.15, 0.2) is 11.2 Å². The van der Waals surface area contributed by atoms with Crippen LogP contribution in [0.5, 0.6) is 0 Å². The largest absolute Gasteiger partial charge is 0.454 e. The van der Waals surface area contributed by atoms with Crippen LogP contribution in [0, 0.1) is 0 Å². The summed E-state index contributed by atoms with van der Waals surface area (Å²) in [7, 11) is 0. The maximum atomic E-state index is 6.79. The van der Waals surface area contributed by atoms with Crippen LogP contribution in [0.25, 0.3) is 77.9 Å². The number of anilines is 3. The predicted octanol–water partition coefficient (Wildman–Crippen LogP) is 13.9. The lowest BCUT2D eigenvalue weighted by Crippen LogP contribution is -2.12. The number of aromatic nitrogens is 1. The van der Waals surface area contributed by atoms with E-state index in [9.17, 15) is 0 Å². The first kappa shape index (κ1) is 30.6. The van der Waals surface area contributed by atoms with Gasteiger partial charge in [0.25, 0.3) is 0 Å². The van der Waals surface area contributed by atoms with E-state index in [1.807, 2.05) is 60.7 Å². The van der Waals surface area contributed by atoms with Crippen molar-refractivity contribution in [2.24, 2.45) is 0 Å². The quantitative estimate of drug-likeness (QED) is 0.168. The normalized spacial score (nSPS) is 11.4. The Balaban J connectivity index is 1.21. The molecule has 0 unspecified atom stereocenters. The Labute approximate surface area is 306 Å². The molecule has 2 heterocycles. The predicted molar refractivity (Wildman–Crippen MR) is 218 cm³/mol. The van der Waals surface area contributed by atoms with Gasteiger partial charge >= 0.3 is 0 Å². The van der Waals surface area contributed by atoms with Crippen molar-refractivity contribution >= 4 is 50.1 Å². The van der Waals surface area contributed by atoms with Gasteiger partial charge in [-0.1, -0.05) is 152 Å². The van der Waals surface area contributed by atoms with Crippen LogP contribution in [-0.2, 0) is 0 Å². The van der Waals surface area contributed by atoms with E-state index < -0.39 is 0 Å². The highest BCUT2D eigenvalue weighted by atomic mass is 16.4. The molecule has 0 radical (unpaired) electrons. The smallest absolute Gasteiger partial charge is 0.227 e. The van der Waals surface area contributed by atoms with Gasteiger partial charge in [0, 0.05) is 27.6 Å². The molecular weight excluding hydrogens is 649 g/mol. The lowest BCUT2D eigenvalue weighted by molar-refractivity contribution is 0.620. The Kier molecular flexibility index (Phi) is 7.43. The summed E-state index contributed by atoms with van der Waals surface area (Å²) >= 11 is 0. The number of hydrogen-bond acceptors (Lipinski definition) is 4. The minimum atomic E-state index is 0.560. The van der Waals surface area contributed by atoms with Crippen LogP contribution in [0.3, 0.4) is 0 Å². The molecule has 250 valence electrons. The van der Waals surface area contributed by atoms with Crippen molar-refractivity contribution < 1.29 is 8.83 Å². The molecule has 53 heavy (non-hydrogen) atoms. The number of furan rings is 1. The minimum Gasteiger partial charge on any atom is -0.454 e. The van der Waals surface area contributed by atoms with Crippen molar-refractivity contribution in [3.63, 3.8) is 0 Å². The molecule has 0 bridgehead atoms. The second kappa shape index (κ2) is 12.9. The monoisotopic (exact) mass is 680 g/mol. The second-order valence-electron chi connectivity index (χ2n) is 13.1. The molecule has 0 aliphatic heterocycles. The van der Waals surface area contributed by atoms with E-state index in [-0.39, 0.29) is 0 Å². The highest BCUT2D eigenvalue weighted by molar-refractivity contribution is 6.18. The molecule has 0 amide bonds. The standard InChI is InChI=1S/C49H32N2O2/c1-4-14-33(15-5-1)34-24-26-35(27-25-34)36-28-30-39(31-29-36)51(43-22-12-10-20-40(43)37-16-6-2-7-17-37)47-46-45(53-49(50-46)38-18-8-3-9-19-38)32-42-41-21-11-13-23-44(41)52-48(42)47/h1-32H. The first-order valence-corrected chi connectivity index (χ1v) is 17.8. The average Bonchev–Trinajstić information content (AvgIpc) is 3.84. The summed E-state index contributed by atoms with van der Waals surface area (Å²) in [6.07, 6.45) is 0. The van der Waals surface area contributed by atoms with Crippen molar-refractivity contribution in [2.45, 2.75) is 0 Å². The topological polar surface area (TPSA) is 42.4 Å². The summed E-state index contributed by atoms with van der Waals surface area (Å²) in [4.78, 5) is 7.49. The molecule has 0 fully saturated rings. The lowest BCUT2D eigenvalue weighted by Gasteiger charge is -2.28. The van der Waals surface area contributed by atoms with Gasteiger partial charge in [-0.15, -0.1) is 0 Å². The Morgan fingerprint density at radius 1 is 0.396 bits per heavy atom. The summed E-state index contributed by atoms with van der Waals surface area (Å²) in [5, 5.41) is 1.99. The average molecular weight is 681 g/mol. The maximum Gasteiger partial charge on any atom is 0.227 e. The molecule has 10 aromatic rings.